The van der Waals surface area contributed by atoms with Gasteiger partial charge in [0, 0.05) is 0 Å². The Morgan fingerprint density at radius 2 is 1.83 bits per heavy atom. The smallest absolute Gasteiger partial charge is 0.287 e. The van der Waals surface area contributed by atoms with E-state index in [0.717, 1.165) is 16.3 Å². The number of carbonyl (C=O) groups is 2. The summed E-state index contributed by atoms with van der Waals surface area (Å²) in [5.41, 5.74) is 1.01. The molecule has 0 fully saturated rings. The molecule has 3 rings (SSSR count). The molecule has 1 atom stereocenters. The fourth-order valence-corrected chi connectivity index (χ4v) is 2.51. The first-order valence-corrected chi connectivity index (χ1v) is 7.73. The van der Waals surface area contributed by atoms with Crippen LogP contribution in [0.1, 0.15) is 29.1 Å². The largest absolute Gasteiger partial charge is 0.459 e. The third-order valence-corrected chi connectivity index (χ3v) is 3.81. The molecule has 0 aliphatic carbocycles. The first kappa shape index (κ1) is 15.8. The van der Waals surface area contributed by atoms with Crippen molar-refractivity contribution in [3.05, 3.63) is 72.2 Å². The number of carbonyl (C=O) groups excluding carboxylic acids is 2. The van der Waals surface area contributed by atoms with Gasteiger partial charge >= 0.3 is 0 Å². The third kappa shape index (κ3) is 3.63. The molecule has 1 unspecified atom stereocenters. The zero-order chi connectivity index (χ0) is 16.9. The second kappa shape index (κ2) is 7.00. The van der Waals surface area contributed by atoms with Crippen LogP contribution >= 0.6 is 0 Å². The van der Waals surface area contributed by atoms with Crippen molar-refractivity contribution in [1.29, 1.82) is 0 Å². The average molecular weight is 322 g/mol. The molecule has 1 aromatic heterocycles. The SMILES string of the molecule is CC(NC(=O)CNC(=O)c1ccco1)c1ccc2ccccc2c1. The van der Waals surface area contributed by atoms with Gasteiger partial charge in [-0.05, 0) is 41.5 Å². The van der Waals surface area contributed by atoms with Gasteiger partial charge in [0.05, 0.1) is 18.8 Å². The van der Waals surface area contributed by atoms with Gasteiger partial charge < -0.3 is 15.1 Å². The molecule has 5 heteroatoms. The second-order valence-electron chi connectivity index (χ2n) is 5.56. The predicted octanol–water partition coefficient (Wildman–Crippen LogP) is 3.04. The van der Waals surface area contributed by atoms with Crippen molar-refractivity contribution in [1.82, 2.24) is 10.6 Å². The van der Waals surface area contributed by atoms with Crippen molar-refractivity contribution in [2.24, 2.45) is 0 Å². The standard InChI is InChI=1S/C19H18N2O3/c1-13(15-9-8-14-5-2-3-6-16(14)11-15)21-18(22)12-20-19(23)17-7-4-10-24-17/h2-11,13H,12H2,1H3,(H,20,23)(H,21,22). The Labute approximate surface area is 139 Å². The van der Waals surface area contributed by atoms with E-state index in [2.05, 4.69) is 16.7 Å². The summed E-state index contributed by atoms with van der Waals surface area (Å²) in [6.07, 6.45) is 1.41. The van der Waals surface area contributed by atoms with Crippen LogP contribution in [0.4, 0.5) is 0 Å². The normalized spacial score (nSPS) is 11.9. The minimum atomic E-state index is -0.409. The van der Waals surface area contributed by atoms with Crippen LogP contribution in [0.5, 0.6) is 0 Å². The maximum atomic E-state index is 12.0. The van der Waals surface area contributed by atoms with Crippen molar-refractivity contribution in [2.75, 3.05) is 6.54 Å². The highest BCUT2D eigenvalue weighted by atomic mass is 16.3. The Morgan fingerprint density at radius 1 is 1.04 bits per heavy atom. The minimum Gasteiger partial charge on any atom is -0.459 e. The molecular formula is C19H18N2O3. The number of rotatable bonds is 5. The molecule has 0 bridgehead atoms. The first-order valence-electron chi connectivity index (χ1n) is 7.73. The average Bonchev–Trinajstić information content (AvgIpc) is 3.14. The number of nitrogens with one attached hydrogen (secondary N) is 2. The van der Waals surface area contributed by atoms with Crippen LogP contribution in [0.3, 0.4) is 0 Å². The molecule has 2 amide bonds. The summed E-state index contributed by atoms with van der Waals surface area (Å²) in [5.74, 6) is -0.477. The summed E-state index contributed by atoms with van der Waals surface area (Å²) in [6.45, 7) is 1.81. The lowest BCUT2D eigenvalue weighted by Crippen LogP contribution is -2.37. The molecule has 2 aromatic carbocycles. The summed E-state index contributed by atoms with van der Waals surface area (Å²) >= 11 is 0. The topological polar surface area (TPSA) is 71.3 Å². The number of furan rings is 1. The van der Waals surface area contributed by atoms with Crippen molar-refractivity contribution < 1.29 is 14.0 Å². The molecule has 0 radical (unpaired) electrons. The molecule has 0 aliphatic heterocycles. The van der Waals surface area contributed by atoms with Gasteiger partial charge in [-0.1, -0.05) is 36.4 Å². The van der Waals surface area contributed by atoms with Gasteiger partial charge in [-0.3, -0.25) is 9.59 Å². The number of fused-ring (bicyclic) bond motifs is 1. The fourth-order valence-electron chi connectivity index (χ4n) is 2.51. The van der Waals surface area contributed by atoms with E-state index in [4.69, 9.17) is 4.42 Å². The number of amides is 2. The van der Waals surface area contributed by atoms with E-state index in [0.29, 0.717) is 0 Å². The fraction of sp³-hybridized carbons (Fsp3) is 0.158. The van der Waals surface area contributed by atoms with Crippen LogP contribution in [0.2, 0.25) is 0 Å². The van der Waals surface area contributed by atoms with Crippen molar-refractivity contribution in [3.8, 4) is 0 Å². The molecule has 0 saturated heterocycles. The van der Waals surface area contributed by atoms with Crippen LogP contribution in [-0.4, -0.2) is 18.4 Å². The van der Waals surface area contributed by atoms with Crippen molar-refractivity contribution >= 4 is 22.6 Å². The highest BCUT2D eigenvalue weighted by molar-refractivity contribution is 5.94. The van der Waals surface area contributed by atoms with Gasteiger partial charge in [0.1, 0.15) is 0 Å². The second-order valence-corrected chi connectivity index (χ2v) is 5.56. The minimum absolute atomic E-state index is 0.0997. The maximum absolute atomic E-state index is 12.0. The molecule has 0 aliphatic rings. The van der Waals surface area contributed by atoms with Crippen molar-refractivity contribution in [2.45, 2.75) is 13.0 Å². The summed E-state index contributed by atoms with van der Waals surface area (Å²) in [5, 5.41) is 7.69. The van der Waals surface area contributed by atoms with Crippen LogP contribution in [-0.2, 0) is 4.79 Å². The predicted molar refractivity (Wildman–Crippen MR) is 91.5 cm³/mol. The zero-order valence-corrected chi connectivity index (χ0v) is 13.3. The number of hydrogen-bond donors (Lipinski definition) is 2. The van der Waals surface area contributed by atoms with E-state index >= 15 is 0 Å². The molecule has 24 heavy (non-hydrogen) atoms. The highest BCUT2D eigenvalue weighted by Crippen LogP contribution is 2.20. The third-order valence-electron chi connectivity index (χ3n) is 3.81. The lowest BCUT2D eigenvalue weighted by Gasteiger charge is -2.15. The quantitative estimate of drug-likeness (QED) is 0.758. The van der Waals surface area contributed by atoms with E-state index in [1.165, 1.54) is 6.26 Å². The lowest BCUT2D eigenvalue weighted by molar-refractivity contribution is -0.120. The van der Waals surface area contributed by atoms with Crippen LogP contribution in [0, 0.1) is 0 Å². The Bertz CT molecular complexity index is 856. The number of hydrogen-bond acceptors (Lipinski definition) is 3. The Kier molecular flexibility index (Phi) is 4.61. The van der Waals surface area contributed by atoms with E-state index in [1.807, 2.05) is 43.3 Å². The summed E-state index contributed by atoms with van der Waals surface area (Å²) in [4.78, 5) is 23.7. The van der Waals surface area contributed by atoms with E-state index in [9.17, 15) is 9.59 Å². The Morgan fingerprint density at radius 3 is 2.58 bits per heavy atom. The Balaban J connectivity index is 1.57. The van der Waals surface area contributed by atoms with Crippen molar-refractivity contribution in [3.63, 3.8) is 0 Å². The van der Waals surface area contributed by atoms with E-state index in [-0.39, 0.29) is 24.3 Å². The molecular weight excluding hydrogens is 304 g/mol. The van der Waals surface area contributed by atoms with Gasteiger partial charge in [0.15, 0.2) is 5.76 Å². The van der Waals surface area contributed by atoms with Gasteiger partial charge in [-0.2, -0.15) is 0 Å². The molecule has 122 valence electrons. The van der Waals surface area contributed by atoms with Gasteiger partial charge in [0.2, 0.25) is 5.91 Å². The van der Waals surface area contributed by atoms with Gasteiger partial charge in [-0.15, -0.1) is 0 Å². The monoisotopic (exact) mass is 322 g/mol. The molecule has 1 heterocycles. The van der Waals surface area contributed by atoms with Crippen LogP contribution in [0.25, 0.3) is 10.8 Å². The number of benzene rings is 2. The van der Waals surface area contributed by atoms with Crippen LogP contribution in [0.15, 0.2) is 65.3 Å². The molecule has 5 nitrogen and oxygen atoms in total. The van der Waals surface area contributed by atoms with Gasteiger partial charge in [0.25, 0.3) is 5.91 Å². The highest BCUT2D eigenvalue weighted by Gasteiger charge is 2.13. The molecule has 0 saturated carbocycles. The molecule has 3 aromatic rings. The van der Waals surface area contributed by atoms with E-state index in [1.54, 1.807) is 12.1 Å². The molecule has 0 spiro atoms. The van der Waals surface area contributed by atoms with Gasteiger partial charge in [-0.25, -0.2) is 0 Å². The van der Waals surface area contributed by atoms with Crippen LogP contribution < -0.4 is 10.6 Å². The lowest BCUT2D eigenvalue weighted by atomic mass is 10.0. The van der Waals surface area contributed by atoms with E-state index < -0.39 is 5.91 Å². The summed E-state index contributed by atoms with van der Waals surface area (Å²) in [7, 11) is 0. The first-order chi connectivity index (χ1) is 11.6. The molecule has 2 N–H and O–H groups in total. The zero-order valence-electron chi connectivity index (χ0n) is 13.3. The maximum Gasteiger partial charge on any atom is 0.287 e. The summed E-state index contributed by atoms with van der Waals surface area (Å²) in [6, 6.07) is 17.2. The Hall–Kier alpha value is -3.08. The summed E-state index contributed by atoms with van der Waals surface area (Å²) < 4.78 is 4.98.